The van der Waals surface area contributed by atoms with Gasteiger partial charge in [-0.15, -0.1) is 0 Å². The fraction of sp³-hybridized carbons (Fsp3) is 0.526. The van der Waals surface area contributed by atoms with Crippen molar-refractivity contribution in [1.29, 1.82) is 0 Å². The van der Waals surface area contributed by atoms with Crippen LogP contribution in [0.4, 0.5) is 0 Å². The first-order chi connectivity index (χ1) is 19.8. The maximum Gasteiger partial charge on any atom is 0.143 e. The number of ether oxygens (including phenoxy) is 1. The van der Waals surface area contributed by atoms with Gasteiger partial charge in [0.15, 0.2) is 0 Å². The van der Waals surface area contributed by atoms with Crippen molar-refractivity contribution in [2.45, 2.75) is 121 Å². The average molecular weight is 543 g/mol. The molecule has 3 rings (SSSR count). The van der Waals surface area contributed by atoms with Gasteiger partial charge in [0.1, 0.15) is 5.60 Å². The Morgan fingerprint density at radius 2 is 0.825 bits per heavy atom. The summed E-state index contributed by atoms with van der Waals surface area (Å²) in [6, 6.07) is 31.2. The lowest BCUT2D eigenvalue weighted by molar-refractivity contribution is -0.0405. The summed E-state index contributed by atoms with van der Waals surface area (Å²) in [6.07, 6.45) is 20.6. The molecule has 0 aliphatic rings. The van der Waals surface area contributed by atoms with Crippen LogP contribution in [0, 0.1) is 0 Å². The van der Waals surface area contributed by atoms with Crippen molar-refractivity contribution in [1.82, 2.24) is 0 Å². The average Bonchev–Trinajstić information content (AvgIpc) is 3.01. The fourth-order valence-corrected chi connectivity index (χ4v) is 5.82. The van der Waals surface area contributed by atoms with Crippen LogP contribution in [-0.2, 0) is 10.3 Å². The maximum absolute atomic E-state index is 10.9. The van der Waals surface area contributed by atoms with Crippen molar-refractivity contribution in [3.05, 3.63) is 108 Å². The minimum Gasteiger partial charge on any atom is -0.391 e. The minimum atomic E-state index is -0.764. The van der Waals surface area contributed by atoms with Gasteiger partial charge in [-0.1, -0.05) is 194 Å². The van der Waals surface area contributed by atoms with Gasteiger partial charge in [-0.05, 0) is 23.1 Å². The van der Waals surface area contributed by atoms with Crippen molar-refractivity contribution in [3.8, 4) is 0 Å². The number of rotatable bonds is 22. The first-order valence-corrected chi connectivity index (χ1v) is 16.3. The molecular weight excluding hydrogens is 488 g/mol. The van der Waals surface area contributed by atoms with Crippen LogP contribution in [0.1, 0.15) is 126 Å². The molecule has 0 amide bonds. The molecule has 0 saturated heterocycles. The van der Waals surface area contributed by atoms with E-state index in [1.165, 1.54) is 89.9 Å². The molecular formula is C38H54O2. The molecule has 3 aromatic rings. The van der Waals surface area contributed by atoms with Gasteiger partial charge >= 0.3 is 0 Å². The summed E-state index contributed by atoms with van der Waals surface area (Å²) >= 11 is 0. The summed E-state index contributed by atoms with van der Waals surface area (Å²) in [5.41, 5.74) is 2.46. The van der Waals surface area contributed by atoms with Crippen molar-refractivity contribution in [2.75, 3.05) is 6.61 Å². The molecule has 40 heavy (non-hydrogen) atoms. The van der Waals surface area contributed by atoms with E-state index < -0.39 is 11.7 Å². The molecule has 0 fully saturated rings. The van der Waals surface area contributed by atoms with Gasteiger partial charge in [-0.2, -0.15) is 0 Å². The van der Waals surface area contributed by atoms with E-state index in [1.807, 2.05) is 18.2 Å². The second-order valence-corrected chi connectivity index (χ2v) is 11.5. The largest absolute Gasteiger partial charge is 0.391 e. The molecule has 0 saturated carbocycles. The molecule has 1 N–H and O–H groups in total. The molecule has 2 nitrogen and oxygen atoms in total. The number of hydrogen-bond acceptors (Lipinski definition) is 2. The second kappa shape index (κ2) is 19.6. The third-order valence-electron chi connectivity index (χ3n) is 8.17. The van der Waals surface area contributed by atoms with E-state index in [0.717, 1.165) is 29.5 Å². The summed E-state index contributed by atoms with van der Waals surface area (Å²) in [6.45, 7) is 2.59. The predicted molar refractivity (Wildman–Crippen MR) is 171 cm³/mol. The van der Waals surface area contributed by atoms with E-state index in [-0.39, 0.29) is 0 Å². The highest BCUT2D eigenvalue weighted by molar-refractivity contribution is 5.47. The van der Waals surface area contributed by atoms with Gasteiger partial charge in [0.05, 0.1) is 12.7 Å². The summed E-state index contributed by atoms with van der Waals surface area (Å²) in [5.74, 6) is 0. The topological polar surface area (TPSA) is 29.5 Å². The maximum atomic E-state index is 10.9. The molecule has 1 atom stereocenters. The molecule has 0 aliphatic carbocycles. The minimum absolute atomic E-state index is 0.303. The van der Waals surface area contributed by atoms with Crippen LogP contribution in [0.2, 0.25) is 0 Å². The molecule has 0 aliphatic heterocycles. The van der Waals surface area contributed by atoms with Gasteiger partial charge in [-0.3, -0.25) is 0 Å². The molecule has 0 bridgehead atoms. The Labute approximate surface area is 245 Å². The summed E-state index contributed by atoms with van der Waals surface area (Å²) < 4.78 is 6.77. The summed E-state index contributed by atoms with van der Waals surface area (Å²) in [7, 11) is 0. The van der Waals surface area contributed by atoms with Gasteiger partial charge < -0.3 is 9.84 Å². The number of aliphatic hydroxyl groups excluding tert-OH is 1. The van der Waals surface area contributed by atoms with Crippen LogP contribution >= 0.6 is 0 Å². The van der Waals surface area contributed by atoms with E-state index in [0.29, 0.717) is 6.61 Å². The standard InChI is InChI=1S/C38H54O2/c1-2-3-4-5-6-7-8-9-10-11-12-13-14-15-25-32-37(39)33-40-38(34-26-19-16-20-27-34,35-28-21-17-22-29-35)36-30-23-18-24-31-36/h16-24,26-31,37,39H,2-15,25,32-33H2,1H3/t37-/m1/s1. The molecule has 0 aromatic heterocycles. The molecule has 0 unspecified atom stereocenters. The predicted octanol–water partition coefficient (Wildman–Crippen LogP) is 10.6. The third-order valence-corrected chi connectivity index (χ3v) is 8.17. The zero-order chi connectivity index (χ0) is 28.1. The highest BCUT2D eigenvalue weighted by atomic mass is 16.5. The smallest absolute Gasteiger partial charge is 0.143 e. The Hall–Kier alpha value is -2.42. The van der Waals surface area contributed by atoms with Crippen LogP contribution in [-0.4, -0.2) is 17.8 Å². The monoisotopic (exact) mass is 542 g/mol. The summed E-state index contributed by atoms with van der Waals surface area (Å²) in [4.78, 5) is 0. The Kier molecular flexibility index (Phi) is 15.7. The van der Waals surface area contributed by atoms with Crippen LogP contribution in [0.3, 0.4) is 0 Å². The Balaban J connectivity index is 1.39. The zero-order valence-corrected chi connectivity index (χ0v) is 25.1. The van der Waals surface area contributed by atoms with E-state index in [4.69, 9.17) is 4.74 Å². The zero-order valence-electron chi connectivity index (χ0n) is 25.1. The van der Waals surface area contributed by atoms with Gasteiger partial charge in [0.2, 0.25) is 0 Å². The highest BCUT2D eigenvalue weighted by Crippen LogP contribution is 2.40. The molecule has 0 spiro atoms. The Bertz CT molecular complexity index is 889. The second-order valence-electron chi connectivity index (χ2n) is 11.5. The highest BCUT2D eigenvalue weighted by Gasteiger charge is 2.37. The first kappa shape index (κ1) is 32.1. The van der Waals surface area contributed by atoms with Crippen LogP contribution < -0.4 is 0 Å². The number of unbranched alkanes of at least 4 members (excludes halogenated alkanes) is 14. The van der Waals surface area contributed by atoms with Crippen molar-refractivity contribution < 1.29 is 9.84 Å². The number of aliphatic hydroxyl groups is 1. The van der Waals surface area contributed by atoms with Crippen LogP contribution in [0.25, 0.3) is 0 Å². The summed E-state index contributed by atoms with van der Waals surface area (Å²) in [5, 5.41) is 10.9. The Morgan fingerprint density at radius 3 is 1.18 bits per heavy atom. The molecule has 3 aromatic carbocycles. The lowest BCUT2D eigenvalue weighted by Gasteiger charge is -2.36. The molecule has 218 valence electrons. The SMILES string of the molecule is CCCCCCCCCCCCCCCCC[C@@H](O)COC(c1ccccc1)(c1ccccc1)c1ccccc1. The lowest BCUT2D eigenvalue weighted by atomic mass is 9.80. The first-order valence-electron chi connectivity index (χ1n) is 16.3. The van der Waals surface area contributed by atoms with Crippen molar-refractivity contribution in [2.24, 2.45) is 0 Å². The molecule has 2 heteroatoms. The van der Waals surface area contributed by atoms with Gasteiger partial charge in [-0.25, -0.2) is 0 Å². The van der Waals surface area contributed by atoms with Crippen molar-refractivity contribution >= 4 is 0 Å². The van der Waals surface area contributed by atoms with Gasteiger partial charge in [0.25, 0.3) is 0 Å². The normalized spacial score (nSPS) is 12.4. The number of hydrogen-bond donors (Lipinski definition) is 1. The van der Waals surface area contributed by atoms with Gasteiger partial charge in [0, 0.05) is 0 Å². The van der Waals surface area contributed by atoms with Crippen LogP contribution in [0.5, 0.6) is 0 Å². The quantitative estimate of drug-likeness (QED) is 0.101. The lowest BCUT2D eigenvalue weighted by Crippen LogP contribution is -2.35. The third kappa shape index (κ3) is 10.9. The van der Waals surface area contributed by atoms with Crippen molar-refractivity contribution in [3.63, 3.8) is 0 Å². The van der Waals surface area contributed by atoms with E-state index in [2.05, 4.69) is 79.7 Å². The number of benzene rings is 3. The van der Waals surface area contributed by atoms with Crippen LogP contribution in [0.15, 0.2) is 91.0 Å². The van der Waals surface area contributed by atoms with E-state index >= 15 is 0 Å². The Morgan fingerprint density at radius 1 is 0.500 bits per heavy atom. The van der Waals surface area contributed by atoms with E-state index in [1.54, 1.807) is 0 Å². The molecule has 0 heterocycles. The van der Waals surface area contributed by atoms with E-state index in [9.17, 15) is 5.11 Å². The molecule has 0 radical (unpaired) electrons. The fourth-order valence-electron chi connectivity index (χ4n) is 5.82.